The Morgan fingerprint density at radius 3 is 1.40 bits per heavy atom. The number of furan rings is 1. The molecule has 0 saturated carbocycles. The van der Waals surface area contributed by atoms with E-state index in [2.05, 4.69) is 181 Å². The number of hydrogen-bond acceptors (Lipinski definition) is 2. The average Bonchev–Trinajstić information content (AvgIpc) is 3.51. The van der Waals surface area contributed by atoms with Gasteiger partial charge in [-0.3, -0.25) is 0 Å². The van der Waals surface area contributed by atoms with E-state index < -0.39 is 0 Å². The first-order chi connectivity index (χ1) is 25.7. The van der Waals surface area contributed by atoms with Crippen molar-refractivity contribution in [2.45, 2.75) is 13.1 Å². The SMILES string of the molecule is c1ccc(-c2cc(-c3ccccc3)cc(-c3ccc4c(c3)-c3cc(-c5ccc6oc7ccccc7c6c5)ccc3CN(c3ccccc3)C4)c2)cc1. The number of rotatable bonds is 5. The van der Waals surface area contributed by atoms with Gasteiger partial charge in [-0.05, 0) is 127 Å². The highest BCUT2D eigenvalue weighted by Crippen LogP contribution is 2.41. The van der Waals surface area contributed by atoms with Gasteiger partial charge in [0, 0.05) is 29.5 Å². The van der Waals surface area contributed by atoms with Gasteiger partial charge in [0.2, 0.25) is 0 Å². The molecule has 1 aliphatic heterocycles. The highest BCUT2D eigenvalue weighted by molar-refractivity contribution is 6.06. The molecule has 1 aliphatic rings. The Balaban J connectivity index is 1.14. The third kappa shape index (κ3) is 5.46. The fourth-order valence-corrected chi connectivity index (χ4v) is 7.87. The molecule has 0 saturated heterocycles. The lowest BCUT2D eigenvalue weighted by Crippen LogP contribution is -2.20. The molecule has 1 aromatic heterocycles. The quantitative estimate of drug-likeness (QED) is 0.182. The molecular weight excluding hydrogens is 631 g/mol. The molecule has 2 heteroatoms. The maximum absolute atomic E-state index is 6.17. The zero-order valence-corrected chi connectivity index (χ0v) is 28.7. The predicted molar refractivity (Wildman–Crippen MR) is 217 cm³/mol. The van der Waals surface area contributed by atoms with Crippen molar-refractivity contribution >= 4 is 27.6 Å². The van der Waals surface area contributed by atoms with Gasteiger partial charge < -0.3 is 9.32 Å². The number of fused-ring (bicyclic) bond motifs is 6. The van der Waals surface area contributed by atoms with Gasteiger partial charge in [-0.2, -0.15) is 0 Å². The molecule has 0 radical (unpaired) electrons. The summed E-state index contributed by atoms with van der Waals surface area (Å²) < 4.78 is 6.17. The summed E-state index contributed by atoms with van der Waals surface area (Å²) in [5.41, 5.74) is 18.0. The van der Waals surface area contributed by atoms with E-state index in [1.165, 1.54) is 72.4 Å². The second-order valence-corrected chi connectivity index (χ2v) is 13.8. The van der Waals surface area contributed by atoms with Crippen molar-refractivity contribution < 1.29 is 4.42 Å². The summed E-state index contributed by atoms with van der Waals surface area (Å²) in [4.78, 5) is 2.50. The van der Waals surface area contributed by atoms with Crippen LogP contribution in [-0.4, -0.2) is 0 Å². The van der Waals surface area contributed by atoms with Gasteiger partial charge in [-0.25, -0.2) is 0 Å². The number of benzene rings is 8. The van der Waals surface area contributed by atoms with Crippen LogP contribution < -0.4 is 4.90 Å². The van der Waals surface area contributed by atoms with E-state index in [0.29, 0.717) is 0 Å². The second-order valence-electron chi connectivity index (χ2n) is 13.8. The predicted octanol–water partition coefficient (Wildman–Crippen LogP) is 13.4. The third-order valence-corrected chi connectivity index (χ3v) is 10.5. The Kier molecular flexibility index (Phi) is 7.32. The molecule has 10 rings (SSSR count). The molecule has 2 nitrogen and oxygen atoms in total. The van der Waals surface area contributed by atoms with Crippen LogP contribution in [0.15, 0.2) is 192 Å². The van der Waals surface area contributed by atoms with Crippen molar-refractivity contribution in [2.75, 3.05) is 4.90 Å². The molecule has 0 atom stereocenters. The first-order valence-electron chi connectivity index (χ1n) is 18.0. The number of hydrogen-bond donors (Lipinski definition) is 0. The maximum Gasteiger partial charge on any atom is 0.135 e. The van der Waals surface area contributed by atoms with Crippen molar-refractivity contribution in [1.82, 2.24) is 0 Å². The molecule has 0 aliphatic carbocycles. The van der Waals surface area contributed by atoms with Crippen molar-refractivity contribution in [2.24, 2.45) is 0 Å². The Hall–Kier alpha value is -6.64. The van der Waals surface area contributed by atoms with Crippen LogP contribution >= 0.6 is 0 Å². The lowest BCUT2D eigenvalue weighted by molar-refractivity contribution is 0.669. The molecule has 0 bridgehead atoms. The van der Waals surface area contributed by atoms with Gasteiger partial charge in [0.25, 0.3) is 0 Å². The van der Waals surface area contributed by atoms with E-state index in [1.807, 2.05) is 12.1 Å². The largest absolute Gasteiger partial charge is 0.456 e. The third-order valence-electron chi connectivity index (χ3n) is 10.5. The van der Waals surface area contributed by atoms with Crippen molar-refractivity contribution in [3.8, 4) is 55.6 Å². The average molecular weight is 666 g/mol. The normalized spacial score (nSPS) is 12.4. The van der Waals surface area contributed by atoms with Crippen LogP contribution in [0.5, 0.6) is 0 Å². The zero-order chi connectivity index (χ0) is 34.4. The summed E-state index contributed by atoms with van der Waals surface area (Å²) in [6.07, 6.45) is 0. The molecule has 9 aromatic rings. The van der Waals surface area contributed by atoms with E-state index in [4.69, 9.17) is 4.42 Å². The van der Waals surface area contributed by atoms with Crippen LogP contribution in [0.25, 0.3) is 77.6 Å². The Labute approximate surface area is 303 Å². The van der Waals surface area contributed by atoms with Crippen LogP contribution in [0.4, 0.5) is 5.69 Å². The summed E-state index contributed by atoms with van der Waals surface area (Å²) in [6.45, 7) is 1.66. The number of nitrogens with zero attached hydrogens (tertiary/aromatic N) is 1. The van der Waals surface area contributed by atoms with Crippen molar-refractivity contribution in [3.63, 3.8) is 0 Å². The molecular formula is C50H35NO. The minimum atomic E-state index is 0.829. The Bertz CT molecular complexity index is 2670. The molecule has 0 fully saturated rings. The Morgan fingerprint density at radius 1 is 0.327 bits per heavy atom. The van der Waals surface area contributed by atoms with E-state index >= 15 is 0 Å². The van der Waals surface area contributed by atoms with Gasteiger partial charge in [-0.1, -0.05) is 127 Å². The summed E-state index contributed by atoms with van der Waals surface area (Å²) in [5, 5.41) is 2.30. The monoisotopic (exact) mass is 665 g/mol. The van der Waals surface area contributed by atoms with Gasteiger partial charge in [0.1, 0.15) is 11.2 Å². The topological polar surface area (TPSA) is 16.4 Å². The summed E-state index contributed by atoms with van der Waals surface area (Å²) in [5.74, 6) is 0. The van der Waals surface area contributed by atoms with E-state index in [1.54, 1.807) is 0 Å². The Morgan fingerprint density at radius 2 is 0.788 bits per heavy atom. The standard InChI is InChI=1S/C50H35NO/c1-4-12-34(13-5-1)41-26-42(35-14-6-2-7-15-35)28-43(27-41)38-21-23-40-33-51(44-16-8-3-9-17-44)32-39-22-20-36(29-46(39)47(40)30-38)37-24-25-50-48(31-37)45-18-10-11-19-49(45)52-50/h1-31H,32-33H2. The van der Waals surface area contributed by atoms with Crippen LogP contribution in [0, 0.1) is 0 Å². The molecule has 246 valence electrons. The highest BCUT2D eigenvalue weighted by atomic mass is 16.3. The number of anilines is 1. The van der Waals surface area contributed by atoms with E-state index in [0.717, 1.165) is 35.0 Å². The minimum absolute atomic E-state index is 0.829. The molecule has 8 aromatic carbocycles. The molecule has 0 N–H and O–H groups in total. The fourth-order valence-electron chi connectivity index (χ4n) is 7.87. The summed E-state index contributed by atoms with van der Waals surface area (Å²) in [6, 6.07) is 68.3. The first-order valence-corrected chi connectivity index (χ1v) is 18.0. The smallest absolute Gasteiger partial charge is 0.135 e. The first kappa shape index (κ1) is 30.2. The molecule has 0 amide bonds. The number of para-hydroxylation sites is 2. The van der Waals surface area contributed by atoms with Crippen molar-refractivity contribution in [3.05, 3.63) is 199 Å². The lowest BCUT2D eigenvalue weighted by atomic mass is 9.89. The van der Waals surface area contributed by atoms with Gasteiger partial charge in [-0.15, -0.1) is 0 Å². The highest BCUT2D eigenvalue weighted by Gasteiger charge is 2.22. The zero-order valence-electron chi connectivity index (χ0n) is 28.7. The molecule has 52 heavy (non-hydrogen) atoms. The molecule has 0 unspecified atom stereocenters. The second kappa shape index (κ2) is 12.6. The minimum Gasteiger partial charge on any atom is -0.456 e. The van der Waals surface area contributed by atoms with Crippen LogP contribution in [-0.2, 0) is 13.1 Å². The van der Waals surface area contributed by atoms with Crippen LogP contribution in [0.2, 0.25) is 0 Å². The molecule has 0 spiro atoms. The van der Waals surface area contributed by atoms with Gasteiger partial charge in [0.05, 0.1) is 0 Å². The van der Waals surface area contributed by atoms with Crippen LogP contribution in [0.3, 0.4) is 0 Å². The fraction of sp³-hybridized carbons (Fsp3) is 0.0400. The van der Waals surface area contributed by atoms with E-state index in [9.17, 15) is 0 Å². The molecule has 2 heterocycles. The van der Waals surface area contributed by atoms with Crippen LogP contribution in [0.1, 0.15) is 11.1 Å². The van der Waals surface area contributed by atoms with Gasteiger partial charge in [0.15, 0.2) is 0 Å². The van der Waals surface area contributed by atoms with Crippen molar-refractivity contribution in [1.29, 1.82) is 0 Å². The summed E-state index contributed by atoms with van der Waals surface area (Å²) >= 11 is 0. The maximum atomic E-state index is 6.17. The van der Waals surface area contributed by atoms with E-state index in [-0.39, 0.29) is 0 Å². The van der Waals surface area contributed by atoms with Gasteiger partial charge >= 0.3 is 0 Å². The lowest BCUT2D eigenvalue weighted by Gasteiger charge is -2.24. The summed E-state index contributed by atoms with van der Waals surface area (Å²) in [7, 11) is 0.